The smallest absolute Gasteiger partial charge is 0.303 e. The Morgan fingerprint density at radius 3 is 2.88 bits per heavy atom. The predicted octanol–water partition coefficient (Wildman–Crippen LogP) is 3.25. The molecule has 1 heterocycles. The molecule has 0 fully saturated rings. The first-order valence-electron chi connectivity index (χ1n) is 7.77. The molecule has 0 aliphatic heterocycles. The summed E-state index contributed by atoms with van der Waals surface area (Å²) < 4.78 is 1.91. The summed E-state index contributed by atoms with van der Waals surface area (Å²) in [4.78, 5) is 28.6. The van der Waals surface area contributed by atoms with Crippen LogP contribution in [0.15, 0.2) is 35.7 Å². The first-order valence-corrected chi connectivity index (χ1v) is 9.14. The number of aliphatic carboxylic acids is 1. The molecule has 2 aromatic rings. The maximum absolute atomic E-state index is 12.2. The van der Waals surface area contributed by atoms with Gasteiger partial charge in [-0.25, -0.2) is 4.98 Å². The standard InChI is InChI=1S/C17H20ClN3O3S/c1-12-13(18)5-3-6-14(12)21-10-8-19-17(21)25-11-15(22)20(2)9-4-7-16(23)24/h3,5-6,8,10H,4,7,9,11H2,1-2H3,(H,23,24). The summed E-state index contributed by atoms with van der Waals surface area (Å²) >= 11 is 7.52. The number of aromatic nitrogens is 2. The molecule has 134 valence electrons. The highest BCUT2D eigenvalue weighted by atomic mass is 35.5. The largest absolute Gasteiger partial charge is 0.481 e. The van der Waals surface area contributed by atoms with E-state index >= 15 is 0 Å². The number of rotatable bonds is 8. The number of hydrogen-bond donors (Lipinski definition) is 1. The van der Waals surface area contributed by atoms with Crippen LogP contribution in [-0.4, -0.2) is 50.8 Å². The molecule has 1 N–H and O–H groups in total. The van der Waals surface area contributed by atoms with Crippen LogP contribution in [0.5, 0.6) is 0 Å². The molecule has 0 saturated carbocycles. The molecule has 0 atom stereocenters. The maximum atomic E-state index is 12.2. The molecule has 0 aliphatic rings. The predicted molar refractivity (Wildman–Crippen MR) is 98.5 cm³/mol. The van der Waals surface area contributed by atoms with E-state index in [9.17, 15) is 9.59 Å². The Bertz CT molecular complexity index is 763. The molecule has 1 amide bonds. The molecule has 0 saturated heterocycles. The van der Waals surface area contributed by atoms with Crippen LogP contribution in [0.25, 0.3) is 5.69 Å². The number of hydrogen-bond acceptors (Lipinski definition) is 4. The zero-order valence-corrected chi connectivity index (χ0v) is 15.7. The highest BCUT2D eigenvalue weighted by molar-refractivity contribution is 7.99. The lowest BCUT2D eigenvalue weighted by atomic mass is 10.2. The molecule has 0 bridgehead atoms. The first-order chi connectivity index (χ1) is 11.9. The van der Waals surface area contributed by atoms with Gasteiger partial charge in [-0.1, -0.05) is 29.4 Å². The lowest BCUT2D eigenvalue weighted by Crippen LogP contribution is -2.29. The zero-order valence-electron chi connectivity index (χ0n) is 14.1. The molecule has 0 spiro atoms. The van der Waals surface area contributed by atoms with Gasteiger partial charge in [0.2, 0.25) is 5.91 Å². The van der Waals surface area contributed by atoms with Crippen molar-refractivity contribution in [3.05, 3.63) is 41.2 Å². The number of thioether (sulfide) groups is 1. The minimum Gasteiger partial charge on any atom is -0.481 e. The Labute approximate surface area is 155 Å². The number of carboxylic acids is 1. The fourth-order valence-corrected chi connectivity index (χ4v) is 3.34. The summed E-state index contributed by atoms with van der Waals surface area (Å²) in [6.07, 6.45) is 4.02. The van der Waals surface area contributed by atoms with E-state index in [4.69, 9.17) is 16.7 Å². The van der Waals surface area contributed by atoms with E-state index in [-0.39, 0.29) is 18.1 Å². The monoisotopic (exact) mass is 381 g/mol. The first kappa shape index (κ1) is 19.3. The van der Waals surface area contributed by atoms with Gasteiger partial charge in [0.1, 0.15) is 0 Å². The van der Waals surface area contributed by atoms with Crippen LogP contribution in [0.3, 0.4) is 0 Å². The third-order valence-corrected chi connectivity index (χ3v) is 5.10. The number of nitrogens with zero attached hydrogens (tertiary/aromatic N) is 3. The fraction of sp³-hybridized carbons (Fsp3) is 0.353. The highest BCUT2D eigenvalue weighted by Crippen LogP contribution is 2.26. The van der Waals surface area contributed by atoms with E-state index in [1.165, 1.54) is 11.8 Å². The number of benzene rings is 1. The van der Waals surface area contributed by atoms with E-state index in [0.29, 0.717) is 23.1 Å². The molecule has 2 rings (SSSR count). The number of halogens is 1. The fourth-order valence-electron chi connectivity index (χ4n) is 2.27. The highest BCUT2D eigenvalue weighted by Gasteiger charge is 2.14. The lowest BCUT2D eigenvalue weighted by molar-refractivity contribution is -0.137. The maximum Gasteiger partial charge on any atom is 0.303 e. The molecule has 6 nitrogen and oxygen atoms in total. The van der Waals surface area contributed by atoms with E-state index < -0.39 is 5.97 Å². The van der Waals surface area contributed by atoms with E-state index in [0.717, 1.165) is 11.3 Å². The van der Waals surface area contributed by atoms with Gasteiger partial charge in [-0.05, 0) is 31.0 Å². The van der Waals surface area contributed by atoms with Gasteiger partial charge >= 0.3 is 5.97 Å². The number of amides is 1. The van der Waals surface area contributed by atoms with Gasteiger partial charge in [0.05, 0.1) is 11.4 Å². The second kappa shape index (κ2) is 8.92. The van der Waals surface area contributed by atoms with Crippen molar-refractivity contribution in [1.82, 2.24) is 14.5 Å². The summed E-state index contributed by atoms with van der Waals surface area (Å²) in [6, 6.07) is 5.66. The molecular weight excluding hydrogens is 362 g/mol. The SMILES string of the molecule is Cc1c(Cl)cccc1-n1ccnc1SCC(=O)N(C)CCCC(=O)O. The Morgan fingerprint density at radius 2 is 2.16 bits per heavy atom. The van der Waals surface area contributed by atoms with Crippen LogP contribution in [0, 0.1) is 6.92 Å². The zero-order chi connectivity index (χ0) is 18.4. The van der Waals surface area contributed by atoms with Crippen molar-refractivity contribution in [3.8, 4) is 5.69 Å². The van der Waals surface area contributed by atoms with E-state index in [2.05, 4.69) is 4.98 Å². The Balaban J connectivity index is 1.98. The third kappa shape index (κ3) is 5.24. The van der Waals surface area contributed by atoms with Crippen LogP contribution in [0.1, 0.15) is 18.4 Å². The molecule has 25 heavy (non-hydrogen) atoms. The number of carboxylic acid groups (broad SMARTS) is 1. The average Bonchev–Trinajstić information content (AvgIpc) is 3.03. The summed E-state index contributed by atoms with van der Waals surface area (Å²) in [6.45, 7) is 2.36. The van der Waals surface area contributed by atoms with Crippen LogP contribution < -0.4 is 0 Å². The van der Waals surface area contributed by atoms with Crippen molar-refractivity contribution in [2.45, 2.75) is 24.9 Å². The second-order valence-electron chi connectivity index (χ2n) is 5.57. The van der Waals surface area contributed by atoms with Crippen LogP contribution in [-0.2, 0) is 9.59 Å². The van der Waals surface area contributed by atoms with Gasteiger partial charge in [-0.3, -0.25) is 14.2 Å². The van der Waals surface area contributed by atoms with Crippen molar-refractivity contribution in [1.29, 1.82) is 0 Å². The summed E-state index contributed by atoms with van der Waals surface area (Å²) in [7, 11) is 1.68. The molecule has 0 unspecified atom stereocenters. The van der Waals surface area contributed by atoms with Crippen molar-refractivity contribution >= 4 is 35.2 Å². The Kier molecular flexibility index (Phi) is 6.90. The Hall–Kier alpha value is -1.99. The van der Waals surface area contributed by atoms with Gasteiger partial charge < -0.3 is 10.0 Å². The minimum atomic E-state index is -0.853. The quantitative estimate of drug-likeness (QED) is 0.710. The second-order valence-corrected chi connectivity index (χ2v) is 6.91. The van der Waals surface area contributed by atoms with Crippen molar-refractivity contribution in [2.75, 3.05) is 19.3 Å². The summed E-state index contributed by atoms with van der Waals surface area (Å²) in [5.74, 6) is -0.679. The van der Waals surface area contributed by atoms with Gasteiger partial charge in [0.25, 0.3) is 0 Å². The molecule has 1 aromatic heterocycles. The normalized spacial score (nSPS) is 10.7. The third-order valence-electron chi connectivity index (χ3n) is 3.74. The molecule has 8 heteroatoms. The number of carbonyl (C=O) groups excluding carboxylic acids is 1. The van der Waals surface area contributed by atoms with Gasteiger partial charge in [0, 0.05) is 37.4 Å². The minimum absolute atomic E-state index is 0.0587. The van der Waals surface area contributed by atoms with E-state index in [1.807, 2.05) is 35.9 Å². The molecule has 1 aromatic carbocycles. The van der Waals surface area contributed by atoms with Gasteiger partial charge in [0.15, 0.2) is 5.16 Å². The van der Waals surface area contributed by atoms with Crippen molar-refractivity contribution < 1.29 is 14.7 Å². The molecular formula is C17H20ClN3O3S. The van der Waals surface area contributed by atoms with Crippen molar-refractivity contribution in [2.24, 2.45) is 0 Å². The summed E-state index contributed by atoms with van der Waals surface area (Å²) in [5.41, 5.74) is 1.87. The van der Waals surface area contributed by atoms with Crippen LogP contribution in [0.4, 0.5) is 0 Å². The molecule has 0 radical (unpaired) electrons. The van der Waals surface area contributed by atoms with Crippen LogP contribution in [0.2, 0.25) is 5.02 Å². The van der Waals surface area contributed by atoms with Crippen LogP contribution >= 0.6 is 23.4 Å². The lowest BCUT2D eigenvalue weighted by Gasteiger charge is -2.16. The topological polar surface area (TPSA) is 75.4 Å². The van der Waals surface area contributed by atoms with E-state index in [1.54, 1.807) is 18.1 Å². The number of imidazole rings is 1. The van der Waals surface area contributed by atoms with Gasteiger partial charge in [-0.2, -0.15) is 0 Å². The Morgan fingerprint density at radius 1 is 1.40 bits per heavy atom. The average molecular weight is 382 g/mol. The molecule has 0 aliphatic carbocycles. The van der Waals surface area contributed by atoms with Crippen molar-refractivity contribution in [3.63, 3.8) is 0 Å². The summed E-state index contributed by atoms with van der Waals surface area (Å²) in [5, 5.41) is 10.0. The van der Waals surface area contributed by atoms with Gasteiger partial charge in [-0.15, -0.1) is 0 Å². The number of carbonyl (C=O) groups is 2.